The van der Waals surface area contributed by atoms with Crippen LogP contribution < -0.4 is 10.6 Å². The molecule has 2 rings (SSSR count). The molecule has 1 saturated carbocycles. The normalized spacial score (nSPS) is 16.8. The zero-order valence-corrected chi connectivity index (χ0v) is 21.4. The molecule has 2 atom stereocenters. The molecular weight excluding hydrogens is 434 g/mol. The Kier molecular flexibility index (Phi) is 9.50. The third-order valence-corrected chi connectivity index (χ3v) is 5.71. The molecule has 34 heavy (non-hydrogen) atoms. The number of alkyl carbamates (subject to hydrolysis) is 1. The van der Waals surface area contributed by atoms with Gasteiger partial charge < -0.3 is 25.4 Å². The van der Waals surface area contributed by atoms with Crippen molar-refractivity contribution in [3.63, 3.8) is 0 Å². The van der Waals surface area contributed by atoms with E-state index in [1.54, 1.807) is 20.8 Å². The van der Waals surface area contributed by atoms with Crippen molar-refractivity contribution < 1.29 is 24.2 Å². The SMILES string of the molecule is CC(C)(C)OC(=O)NC(CO)C(=O)N(C(C(=O)NC1CCCCC1)c1ccccc1)C(C)(C)C. The summed E-state index contributed by atoms with van der Waals surface area (Å²) in [5, 5.41) is 15.6. The molecule has 1 aliphatic carbocycles. The Bertz CT molecular complexity index is 823. The molecule has 8 nitrogen and oxygen atoms in total. The highest BCUT2D eigenvalue weighted by Crippen LogP contribution is 2.30. The summed E-state index contributed by atoms with van der Waals surface area (Å²) < 4.78 is 5.27. The highest BCUT2D eigenvalue weighted by molar-refractivity contribution is 5.92. The molecule has 8 heteroatoms. The van der Waals surface area contributed by atoms with Gasteiger partial charge in [-0.05, 0) is 59.9 Å². The standard InChI is InChI=1S/C26H41N3O5/c1-25(2,3)29(23(32)20(17-30)28-24(33)34-26(4,5)6)21(18-13-9-7-10-14-18)22(31)27-19-15-11-8-12-16-19/h7,9-10,13-14,19-21,30H,8,11-12,15-17H2,1-6H3,(H,27,31)(H,28,33). The second-order valence-corrected chi connectivity index (χ2v) is 10.9. The lowest BCUT2D eigenvalue weighted by Gasteiger charge is -2.43. The maximum Gasteiger partial charge on any atom is 0.408 e. The van der Waals surface area contributed by atoms with Crippen molar-refractivity contribution in [1.29, 1.82) is 0 Å². The lowest BCUT2D eigenvalue weighted by molar-refractivity contribution is -0.149. The zero-order valence-electron chi connectivity index (χ0n) is 21.4. The van der Waals surface area contributed by atoms with Crippen LogP contribution in [0.5, 0.6) is 0 Å². The first-order valence-electron chi connectivity index (χ1n) is 12.1. The van der Waals surface area contributed by atoms with Gasteiger partial charge >= 0.3 is 6.09 Å². The van der Waals surface area contributed by atoms with Crippen molar-refractivity contribution >= 4 is 17.9 Å². The number of hydrogen-bond donors (Lipinski definition) is 3. The minimum atomic E-state index is -1.26. The Morgan fingerprint density at radius 3 is 2.12 bits per heavy atom. The van der Waals surface area contributed by atoms with Gasteiger partial charge in [-0.2, -0.15) is 0 Å². The molecule has 1 aliphatic rings. The molecule has 0 aromatic heterocycles. The van der Waals surface area contributed by atoms with Crippen LogP contribution in [0.4, 0.5) is 4.79 Å². The molecule has 3 N–H and O–H groups in total. The van der Waals surface area contributed by atoms with Gasteiger partial charge in [0, 0.05) is 11.6 Å². The molecule has 0 saturated heterocycles. The van der Waals surface area contributed by atoms with Crippen molar-refractivity contribution in [3.05, 3.63) is 35.9 Å². The van der Waals surface area contributed by atoms with E-state index in [1.807, 2.05) is 51.1 Å². The molecule has 1 fully saturated rings. The van der Waals surface area contributed by atoms with E-state index in [0.717, 1.165) is 32.1 Å². The van der Waals surface area contributed by atoms with Gasteiger partial charge in [-0.1, -0.05) is 49.6 Å². The van der Waals surface area contributed by atoms with Gasteiger partial charge in [0.1, 0.15) is 17.7 Å². The summed E-state index contributed by atoms with van der Waals surface area (Å²) in [6.45, 7) is 10.0. The average Bonchev–Trinajstić information content (AvgIpc) is 2.74. The first-order chi connectivity index (χ1) is 15.8. The highest BCUT2D eigenvalue weighted by Gasteiger charge is 2.42. The van der Waals surface area contributed by atoms with Gasteiger partial charge in [0.05, 0.1) is 6.61 Å². The summed E-state index contributed by atoms with van der Waals surface area (Å²) in [6.07, 6.45) is 4.31. The fourth-order valence-electron chi connectivity index (χ4n) is 4.23. The molecule has 1 aromatic rings. The summed E-state index contributed by atoms with van der Waals surface area (Å²) in [5.41, 5.74) is -0.888. The van der Waals surface area contributed by atoms with Gasteiger partial charge in [-0.15, -0.1) is 0 Å². The summed E-state index contributed by atoms with van der Waals surface area (Å²) in [6, 6.07) is 7.00. The number of amides is 3. The maximum absolute atomic E-state index is 13.7. The van der Waals surface area contributed by atoms with E-state index in [2.05, 4.69) is 10.6 Å². The predicted molar refractivity (Wildman–Crippen MR) is 131 cm³/mol. The minimum absolute atomic E-state index is 0.0675. The quantitative estimate of drug-likeness (QED) is 0.557. The monoisotopic (exact) mass is 475 g/mol. The van der Waals surface area contributed by atoms with Crippen LogP contribution in [0.2, 0.25) is 0 Å². The smallest absolute Gasteiger partial charge is 0.408 e. The van der Waals surface area contributed by atoms with E-state index >= 15 is 0 Å². The van der Waals surface area contributed by atoms with Crippen LogP contribution in [0, 0.1) is 0 Å². The molecule has 2 unspecified atom stereocenters. The number of benzene rings is 1. The van der Waals surface area contributed by atoms with Gasteiger partial charge in [-0.3, -0.25) is 9.59 Å². The van der Waals surface area contributed by atoms with Gasteiger partial charge in [0.15, 0.2) is 0 Å². The largest absolute Gasteiger partial charge is 0.444 e. The molecule has 0 bridgehead atoms. The Balaban J connectivity index is 2.39. The van der Waals surface area contributed by atoms with E-state index in [1.165, 1.54) is 4.90 Å². The second-order valence-electron chi connectivity index (χ2n) is 10.9. The Labute approximate surface area is 203 Å². The van der Waals surface area contributed by atoms with Crippen molar-refractivity contribution in [2.24, 2.45) is 0 Å². The van der Waals surface area contributed by atoms with Crippen molar-refractivity contribution in [2.75, 3.05) is 6.61 Å². The zero-order chi connectivity index (χ0) is 25.5. The van der Waals surface area contributed by atoms with E-state index < -0.39 is 41.8 Å². The highest BCUT2D eigenvalue weighted by atomic mass is 16.6. The molecule has 0 aliphatic heterocycles. The van der Waals surface area contributed by atoms with E-state index in [-0.39, 0.29) is 11.9 Å². The molecular formula is C26H41N3O5. The van der Waals surface area contributed by atoms with Crippen molar-refractivity contribution in [2.45, 2.75) is 103 Å². The number of rotatable bonds is 7. The first-order valence-corrected chi connectivity index (χ1v) is 12.1. The first kappa shape index (κ1) is 27.6. The number of nitrogens with zero attached hydrogens (tertiary/aromatic N) is 1. The lowest BCUT2D eigenvalue weighted by atomic mass is 9.93. The minimum Gasteiger partial charge on any atom is -0.444 e. The summed E-state index contributed by atoms with van der Waals surface area (Å²) in [4.78, 5) is 41.2. The number of carbonyl (C=O) groups is 3. The third-order valence-electron chi connectivity index (χ3n) is 5.71. The topological polar surface area (TPSA) is 108 Å². The van der Waals surface area contributed by atoms with Crippen LogP contribution in [0.1, 0.15) is 85.3 Å². The summed E-state index contributed by atoms with van der Waals surface area (Å²) >= 11 is 0. The number of nitrogens with one attached hydrogen (secondary N) is 2. The fraction of sp³-hybridized carbons (Fsp3) is 0.654. The molecule has 3 amide bonds. The lowest BCUT2D eigenvalue weighted by Crippen LogP contribution is -2.60. The van der Waals surface area contributed by atoms with Crippen LogP contribution in [0.25, 0.3) is 0 Å². The summed E-state index contributed by atoms with van der Waals surface area (Å²) in [5.74, 6) is -0.830. The number of aliphatic hydroxyl groups excluding tert-OH is 1. The number of aliphatic hydroxyl groups is 1. The number of ether oxygens (including phenoxy) is 1. The number of hydrogen-bond acceptors (Lipinski definition) is 5. The third kappa shape index (κ3) is 8.01. The van der Waals surface area contributed by atoms with Crippen LogP contribution in [0.15, 0.2) is 30.3 Å². The Morgan fingerprint density at radius 2 is 1.62 bits per heavy atom. The van der Waals surface area contributed by atoms with Gasteiger partial charge in [0.25, 0.3) is 0 Å². The van der Waals surface area contributed by atoms with Crippen molar-refractivity contribution in [1.82, 2.24) is 15.5 Å². The van der Waals surface area contributed by atoms with E-state index in [9.17, 15) is 19.5 Å². The molecule has 0 radical (unpaired) electrons. The summed E-state index contributed by atoms with van der Waals surface area (Å²) in [7, 11) is 0. The fourth-order valence-corrected chi connectivity index (χ4v) is 4.23. The van der Waals surface area contributed by atoms with Crippen LogP contribution in [0.3, 0.4) is 0 Å². The average molecular weight is 476 g/mol. The molecule has 190 valence electrons. The van der Waals surface area contributed by atoms with Crippen LogP contribution in [-0.2, 0) is 14.3 Å². The predicted octanol–water partition coefficient (Wildman–Crippen LogP) is 3.69. The molecule has 0 heterocycles. The number of carbonyl (C=O) groups excluding carboxylic acids is 3. The van der Waals surface area contributed by atoms with E-state index in [0.29, 0.717) is 5.56 Å². The molecule has 0 spiro atoms. The molecule has 1 aromatic carbocycles. The van der Waals surface area contributed by atoms with E-state index in [4.69, 9.17) is 4.74 Å². The van der Waals surface area contributed by atoms with Gasteiger partial charge in [-0.25, -0.2) is 4.79 Å². The Hall–Kier alpha value is -2.61. The van der Waals surface area contributed by atoms with Crippen molar-refractivity contribution in [3.8, 4) is 0 Å². The van der Waals surface area contributed by atoms with Crippen LogP contribution in [-0.4, -0.2) is 57.7 Å². The second kappa shape index (κ2) is 11.7. The van der Waals surface area contributed by atoms with Gasteiger partial charge in [0.2, 0.25) is 11.8 Å². The van der Waals surface area contributed by atoms with Crippen LogP contribution >= 0.6 is 0 Å². The maximum atomic E-state index is 13.7. The Morgan fingerprint density at radius 1 is 1.03 bits per heavy atom.